The molecule has 0 aliphatic carbocycles. The Morgan fingerprint density at radius 2 is 2.55 bits per heavy atom. The zero-order valence-electron chi connectivity index (χ0n) is 5.65. The standard InChI is InChI=1S/C7H7NO2S/c9-7(8-11)4-3-6-2-1-5-10-6/h1-5,11H,(H,8,9). The highest BCUT2D eigenvalue weighted by atomic mass is 32.1. The number of rotatable bonds is 2. The average Bonchev–Trinajstić information content (AvgIpc) is 2.52. The van der Waals surface area contributed by atoms with E-state index in [0.717, 1.165) is 0 Å². The number of hydrogen-bond donors (Lipinski definition) is 2. The van der Waals surface area contributed by atoms with Gasteiger partial charge in [0, 0.05) is 6.08 Å². The van der Waals surface area contributed by atoms with Gasteiger partial charge in [-0.05, 0) is 18.2 Å². The molecule has 0 bridgehead atoms. The monoisotopic (exact) mass is 169 g/mol. The molecule has 1 amide bonds. The minimum Gasteiger partial charge on any atom is -0.465 e. The van der Waals surface area contributed by atoms with Crippen molar-refractivity contribution in [1.29, 1.82) is 0 Å². The van der Waals surface area contributed by atoms with Crippen LogP contribution in [-0.4, -0.2) is 5.91 Å². The van der Waals surface area contributed by atoms with E-state index in [2.05, 4.69) is 17.5 Å². The summed E-state index contributed by atoms with van der Waals surface area (Å²) in [5, 5.41) is 0. The normalized spacial score (nSPS) is 10.3. The Kier molecular flexibility index (Phi) is 2.80. The van der Waals surface area contributed by atoms with E-state index in [0.29, 0.717) is 5.76 Å². The first-order valence-corrected chi connectivity index (χ1v) is 3.43. The number of amides is 1. The van der Waals surface area contributed by atoms with Crippen molar-refractivity contribution in [2.45, 2.75) is 0 Å². The Morgan fingerprint density at radius 1 is 1.73 bits per heavy atom. The van der Waals surface area contributed by atoms with E-state index in [9.17, 15) is 4.79 Å². The van der Waals surface area contributed by atoms with Gasteiger partial charge in [0.1, 0.15) is 5.76 Å². The van der Waals surface area contributed by atoms with E-state index in [1.807, 2.05) is 0 Å². The number of thiol groups is 1. The van der Waals surface area contributed by atoms with Crippen molar-refractivity contribution >= 4 is 24.8 Å². The maximum atomic E-state index is 10.6. The molecule has 1 aromatic rings. The predicted octanol–water partition coefficient (Wildman–Crippen LogP) is 1.25. The van der Waals surface area contributed by atoms with Crippen LogP contribution >= 0.6 is 12.8 Å². The Balaban J connectivity index is 2.55. The highest BCUT2D eigenvalue weighted by Crippen LogP contribution is 2.01. The van der Waals surface area contributed by atoms with Gasteiger partial charge in [-0.2, -0.15) is 0 Å². The fourth-order valence-corrected chi connectivity index (χ4v) is 0.656. The number of carbonyl (C=O) groups is 1. The molecule has 0 fully saturated rings. The zero-order valence-corrected chi connectivity index (χ0v) is 6.54. The molecule has 0 spiro atoms. The minimum atomic E-state index is -0.273. The van der Waals surface area contributed by atoms with Crippen molar-refractivity contribution in [3.63, 3.8) is 0 Å². The van der Waals surface area contributed by atoms with Gasteiger partial charge >= 0.3 is 0 Å². The lowest BCUT2D eigenvalue weighted by Gasteiger charge is -1.86. The van der Waals surface area contributed by atoms with Gasteiger partial charge in [0.05, 0.1) is 6.26 Å². The smallest absolute Gasteiger partial charge is 0.253 e. The third kappa shape index (κ3) is 2.51. The van der Waals surface area contributed by atoms with Crippen molar-refractivity contribution < 1.29 is 9.21 Å². The number of nitrogens with one attached hydrogen (secondary N) is 1. The van der Waals surface area contributed by atoms with Gasteiger partial charge in [-0.15, -0.1) is 0 Å². The fourth-order valence-electron chi connectivity index (χ4n) is 0.581. The first kappa shape index (κ1) is 7.94. The number of hydrogen-bond acceptors (Lipinski definition) is 3. The Hall–Kier alpha value is -1.16. The van der Waals surface area contributed by atoms with Gasteiger partial charge in [0.2, 0.25) is 0 Å². The highest BCUT2D eigenvalue weighted by molar-refractivity contribution is 7.78. The van der Waals surface area contributed by atoms with Crippen LogP contribution in [0.15, 0.2) is 28.9 Å². The van der Waals surface area contributed by atoms with Gasteiger partial charge in [-0.25, -0.2) is 0 Å². The Bertz CT molecular complexity index is 253. The first-order valence-electron chi connectivity index (χ1n) is 2.98. The van der Waals surface area contributed by atoms with Crippen LogP contribution in [0.1, 0.15) is 5.76 Å². The molecule has 0 atom stereocenters. The summed E-state index contributed by atoms with van der Waals surface area (Å²) >= 11 is 3.57. The molecule has 0 saturated carbocycles. The molecule has 0 aliphatic rings. The zero-order chi connectivity index (χ0) is 8.10. The van der Waals surface area contributed by atoms with E-state index < -0.39 is 0 Å². The predicted molar refractivity (Wildman–Crippen MR) is 44.9 cm³/mol. The van der Waals surface area contributed by atoms with Gasteiger partial charge in [0.15, 0.2) is 0 Å². The van der Waals surface area contributed by atoms with Crippen molar-refractivity contribution in [2.75, 3.05) is 0 Å². The molecule has 1 heterocycles. The third-order valence-electron chi connectivity index (χ3n) is 1.05. The van der Waals surface area contributed by atoms with Crippen LogP contribution in [0.5, 0.6) is 0 Å². The second-order valence-electron chi connectivity index (χ2n) is 1.82. The summed E-state index contributed by atoms with van der Waals surface area (Å²) in [6.45, 7) is 0. The van der Waals surface area contributed by atoms with Gasteiger partial charge in [-0.3, -0.25) is 9.52 Å². The van der Waals surface area contributed by atoms with Crippen LogP contribution in [0, 0.1) is 0 Å². The molecule has 11 heavy (non-hydrogen) atoms. The van der Waals surface area contributed by atoms with E-state index in [4.69, 9.17) is 4.42 Å². The summed E-state index contributed by atoms with van der Waals surface area (Å²) in [6, 6.07) is 3.50. The maximum absolute atomic E-state index is 10.6. The quantitative estimate of drug-likeness (QED) is 0.517. The second kappa shape index (κ2) is 3.88. The number of carbonyl (C=O) groups excluding carboxylic acids is 1. The molecular weight excluding hydrogens is 162 g/mol. The Labute approximate surface area is 69.6 Å². The molecule has 1 rings (SSSR count). The van der Waals surface area contributed by atoms with Crippen molar-refractivity contribution in [1.82, 2.24) is 4.72 Å². The van der Waals surface area contributed by atoms with Crippen molar-refractivity contribution in [3.05, 3.63) is 30.2 Å². The summed E-state index contributed by atoms with van der Waals surface area (Å²) < 4.78 is 7.09. The van der Waals surface area contributed by atoms with Crippen LogP contribution < -0.4 is 4.72 Å². The highest BCUT2D eigenvalue weighted by Gasteiger charge is 1.90. The SMILES string of the molecule is O=C(C=Cc1ccco1)NS. The summed E-state index contributed by atoms with van der Waals surface area (Å²) in [6.07, 6.45) is 4.44. The lowest BCUT2D eigenvalue weighted by atomic mass is 10.4. The molecule has 1 N–H and O–H groups in total. The first-order chi connectivity index (χ1) is 5.33. The lowest BCUT2D eigenvalue weighted by Crippen LogP contribution is -2.07. The topological polar surface area (TPSA) is 42.2 Å². The van der Waals surface area contributed by atoms with Crippen LogP contribution in [0.25, 0.3) is 6.08 Å². The Morgan fingerprint density at radius 3 is 3.09 bits per heavy atom. The van der Waals surface area contributed by atoms with Gasteiger partial charge < -0.3 is 4.42 Å². The molecule has 1 aromatic heterocycles. The summed E-state index contributed by atoms with van der Waals surface area (Å²) in [4.78, 5) is 10.6. The number of furan rings is 1. The van der Waals surface area contributed by atoms with E-state index >= 15 is 0 Å². The summed E-state index contributed by atoms with van der Waals surface area (Å²) in [5.74, 6) is 0.367. The molecule has 0 aliphatic heterocycles. The summed E-state index contributed by atoms with van der Waals surface area (Å²) in [7, 11) is 0. The van der Waals surface area contributed by atoms with E-state index in [-0.39, 0.29) is 5.91 Å². The van der Waals surface area contributed by atoms with Gasteiger partial charge in [0.25, 0.3) is 5.91 Å². The molecule has 0 aromatic carbocycles. The average molecular weight is 169 g/mol. The maximum Gasteiger partial charge on any atom is 0.253 e. The van der Waals surface area contributed by atoms with E-state index in [1.165, 1.54) is 12.3 Å². The van der Waals surface area contributed by atoms with Crippen LogP contribution in [0.2, 0.25) is 0 Å². The molecule has 0 saturated heterocycles. The van der Waals surface area contributed by atoms with E-state index in [1.54, 1.807) is 18.2 Å². The lowest BCUT2D eigenvalue weighted by molar-refractivity contribution is -0.114. The molecular formula is C7H7NO2S. The fraction of sp³-hybridized carbons (Fsp3) is 0. The third-order valence-corrected chi connectivity index (χ3v) is 1.27. The van der Waals surface area contributed by atoms with Crippen LogP contribution in [0.4, 0.5) is 0 Å². The van der Waals surface area contributed by atoms with Crippen LogP contribution in [-0.2, 0) is 4.79 Å². The minimum absolute atomic E-state index is 0.273. The second-order valence-corrected chi connectivity index (χ2v) is 2.05. The largest absolute Gasteiger partial charge is 0.465 e. The molecule has 0 radical (unpaired) electrons. The molecule has 58 valence electrons. The van der Waals surface area contributed by atoms with Crippen LogP contribution in [0.3, 0.4) is 0 Å². The van der Waals surface area contributed by atoms with Gasteiger partial charge in [-0.1, -0.05) is 12.8 Å². The molecule has 0 unspecified atom stereocenters. The molecule has 4 heteroatoms. The summed E-state index contributed by atoms with van der Waals surface area (Å²) in [5.41, 5.74) is 0. The molecule has 3 nitrogen and oxygen atoms in total. The van der Waals surface area contributed by atoms with Crippen molar-refractivity contribution in [2.24, 2.45) is 0 Å². The van der Waals surface area contributed by atoms with Crippen molar-refractivity contribution in [3.8, 4) is 0 Å².